The van der Waals surface area contributed by atoms with Gasteiger partial charge < -0.3 is 31.3 Å². The zero-order valence-corrected chi connectivity index (χ0v) is 15.3. The van der Waals surface area contributed by atoms with Crippen molar-refractivity contribution in [2.24, 2.45) is 5.73 Å². The van der Waals surface area contributed by atoms with Crippen molar-refractivity contribution in [3.63, 3.8) is 0 Å². The molecule has 1 aliphatic heterocycles. The van der Waals surface area contributed by atoms with Gasteiger partial charge in [-0.15, -0.1) is 0 Å². The quantitative estimate of drug-likeness (QED) is 0.559. The molecule has 10 heteroatoms. The molecule has 1 aromatic rings. The molecule has 0 aromatic heterocycles. The number of carbonyl (C=O) groups is 3. The lowest BCUT2D eigenvalue weighted by molar-refractivity contribution is -0.125. The SMILES string of the molecule is CC(C)NC(=O)N[C@@H](CN)C(=O)Nc1ccc(N2CCOCC2=O)cc1F. The van der Waals surface area contributed by atoms with Crippen LogP contribution in [0, 0.1) is 5.82 Å². The minimum absolute atomic E-state index is 0.0532. The van der Waals surface area contributed by atoms with Gasteiger partial charge in [-0.05, 0) is 32.0 Å². The van der Waals surface area contributed by atoms with E-state index < -0.39 is 23.8 Å². The van der Waals surface area contributed by atoms with Gasteiger partial charge in [0.2, 0.25) is 5.91 Å². The molecular formula is C17H24FN5O4. The fourth-order valence-corrected chi connectivity index (χ4v) is 2.48. The first-order chi connectivity index (χ1) is 12.8. The van der Waals surface area contributed by atoms with E-state index in [1.807, 2.05) is 0 Å². The third kappa shape index (κ3) is 5.63. The van der Waals surface area contributed by atoms with Crippen molar-refractivity contribution in [3.8, 4) is 0 Å². The highest BCUT2D eigenvalue weighted by atomic mass is 19.1. The number of hydrogen-bond donors (Lipinski definition) is 4. The van der Waals surface area contributed by atoms with E-state index in [1.54, 1.807) is 13.8 Å². The van der Waals surface area contributed by atoms with E-state index in [4.69, 9.17) is 10.5 Å². The molecule has 0 spiro atoms. The number of rotatable bonds is 6. The number of anilines is 2. The van der Waals surface area contributed by atoms with E-state index in [9.17, 15) is 18.8 Å². The molecule has 148 valence electrons. The minimum atomic E-state index is -1.02. The molecular weight excluding hydrogens is 357 g/mol. The number of morpholine rings is 1. The molecule has 1 atom stereocenters. The number of hydrogen-bond acceptors (Lipinski definition) is 5. The van der Waals surface area contributed by atoms with Gasteiger partial charge >= 0.3 is 6.03 Å². The van der Waals surface area contributed by atoms with Gasteiger partial charge in [-0.25, -0.2) is 9.18 Å². The van der Waals surface area contributed by atoms with Crippen molar-refractivity contribution < 1.29 is 23.5 Å². The van der Waals surface area contributed by atoms with Gasteiger partial charge in [0.25, 0.3) is 5.91 Å². The molecule has 2 rings (SSSR count). The third-order valence-electron chi connectivity index (χ3n) is 3.79. The zero-order chi connectivity index (χ0) is 20.0. The van der Waals surface area contributed by atoms with Gasteiger partial charge in [-0.3, -0.25) is 9.59 Å². The second-order valence-electron chi connectivity index (χ2n) is 6.31. The van der Waals surface area contributed by atoms with Crippen molar-refractivity contribution in [1.82, 2.24) is 10.6 Å². The van der Waals surface area contributed by atoms with E-state index in [0.29, 0.717) is 18.8 Å². The van der Waals surface area contributed by atoms with Crippen LogP contribution in [0.4, 0.5) is 20.6 Å². The maximum absolute atomic E-state index is 14.4. The number of amides is 4. The predicted molar refractivity (Wildman–Crippen MR) is 97.8 cm³/mol. The highest BCUT2D eigenvalue weighted by Crippen LogP contribution is 2.23. The summed E-state index contributed by atoms with van der Waals surface area (Å²) >= 11 is 0. The Hall–Kier alpha value is -2.72. The first-order valence-electron chi connectivity index (χ1n) is 8.57. The smallest absolute Gasteiger partial charge is 0.315 e. The summed E-state index contributed by atoms with van der Waals surface area (Å²) in [6.07, 6.45) is 0. The second-order valence-corrected chi connectivity index (χ2v) is 6.31. The van der Waals surface area contributed by atoms with Crippen molar-refractivity contribution in [1.29, 1.82) is 0 Å². The number of ether oxygens (including phenoxy) is 1. The van der Waals surface area contributed by atoms with E-state index in [2.05, 4.69) is 16.0 Å². The van der Waals surface area contributed by atoms with E-state index >= 15 is 0 Å². The molecule has 0 aliphatic carbocycles. The maximum Gasteiger partial charge on any atom is 0.315 e. The molecule has 4 amide bonds. The van der Waals surface area contributed by atoms with Gasteiger partial charge in [0.1, 0.15) is 18.5 Å². The monoisotopic (exact) mass is 381 g/mol. The lowest BCUT2D eigenvalue weighted by atomic mass is 10.2. The second kappa shape index (κ2) is 9.28. The zero-order valence-electron chi connectivity index (χ0n) is 15.3. The lowest BCUT2D eigenvalue weighted by Gasteiger charge is -2.27. The van der Waals surface area contributed by atoms with Crippen LogP contribution < -0.4 is 26.6 Å². The van der Waals surface area contributed by atoms with Gasteiger partial charge in [0, 0.05) is 24.8 Å². The van der Waals surface area contributed by atoms with Crippen LogP contribution in [-0.4, -0.2) is 56.2 Å². The molecule has 1 aromatic carbocycles. The lowest BCUT2D eigenvalue weighted by Crippen LogP contribution is -2.52. The normalized spacial score (nSPS) is 15.4. The largest absolute Gasteiger partial charge is 0.370 e. The van der Waals surface area contributed by atoms with Crippen LogP contribution in [-0.2, 0) is 14.3 Å². The summed E-state index contributed by atoms with van der Waals surface area (Å²) in [4.78, 5) is 37.2. The average Bonchev–Trinajstić information content (AvgIpc) is 2.61. The number of nitrogens with one attached hydrogen (secondary N) is 3. The Morgan fingerprint density at radius 2 is 2.07 bits per heavy atom. The summed E-state index contributed by atoms with van der Waals surface area (Å²) in [5.74, 6) is -1.62. The van der Waals surface area contributed by atoms with E-state index in [1.165, 1.54) is 17.0 Å². The Labute approximate surface area is 156 Å². The molecule has 1 fully saturated rings. The summed E-state index contributed by atoms with van der Waals surface area (Å²) < 4.78 is 19.4. The van der Waals surface area contributed by atoms with Gasteiger partial charge in [-0.1, -0.05) is 0 Å². The summed E-state index contributed by atoms with van der Waals surface area (Å²) in [5, 5.41) is 7.41. The Morgan fingerprint density at radius 1 is 1.33 bits per heavy atom. The highest BCUT2D eigenvalue weighted by Gasteiger charge is 2.23. The van der Waals surface area contributed by atoms with Crippen LogP contribution in [0.5, 0.6) is 0 Å². The highest BCUT2D eigenvalue weighted by molar-refractivity contribution is 5.98. The number of halogens is 1. The average molecular weight is 381 g/mol. The molecule has 1 aliphatic rings. The molecule has 0 radical (unpaired) electrons. The topological polar surface area (TPSA) is 126 Å². The standard InChI is InChI=1S/C17H24FN5O4/c1-10(2)20-17(26)22-14(8-19)16(25)21-13-4-3-11(7-12(13)18)23-5-6-27-9-15(23)24/h3-4,7,10,14H,5-6,8-9,19H2,1-2H3,(H,21,25)(H2,20,22,26)/t14-/m0/s1. The molecule has 5 N–H and O–H groups in total. The van der Waals surface area contributed by atoms with Gasteiger partial charge in [-0.2, -0.15) is 0 Å². The van der Waals surface area contributed by atoms with Crippen LogP contribution in [0.2, 0.25) is 0 Å². The molecule has 9 nitrogen and oxygen atoms in total. The molecule has 0 bridgehead atoms. The Balaban J connectivity index is 2.04. The Morgan fingerprint density at radius 3 is 2.67 bits per heavy atom. The first-order valence-corrected chi connectivity index (χ1v) is 8.57. The number of urea groups is 1. The number of carbonyl (C=O) groups excluding carboxylic acids is 3. The van der Waals surface area contributed by atoms with Crippen LogP contribution in [0.25, 0.3) is 0 Å². The predicted octanol–water partition coefficient (Wildman–Crippen LogP) is 0.162. The van der Waals surface area contributed by atoms with Gasteiger partial charge in [0.15, 0.2) is 0 Å². The molecule has 1 heterocycles. The summed E-state index contributed by atoms with van der Waals surface area (Å²) in [5.41, 5.74) is 5.83. The first kappa shape index (κ1) is 20.6. The maximum atomic E-state index is 14.4. The van der Waals surface area contributed by atoms with Gasteiger partial charge in [0.05, 0.1) is 12.3 Å². The van der Waals surface area contributed by atoms with Crippen molar-refractivity contribution >= 4 is 29.2 Å². The summed E-state index contributed by atoms with van der Waals surface area (Å²) in [6, 6.07) is 2.36. The van der Waals surface area contributed by atoms with Crippen LogP contribution in [0.3, 0.4) is 0 Å². The van der Waals surface area contributed by atoms with E-state index in [-0.39, 0.29) is 30.8 Å². The molecule has 27 heavy (non-hydrogen) atoms. The summed E-state index contributed by atoms with van der Waals surface area (Å²) in [7, 11) is 0. The van der Waals surface area contributed by atoms with Crippen LogP contribution in [0.15, 0.2) is 18.2 Å². The van der Waals surface area contributed by atoms with Crippen molar-refractivity contribution in [2.45, 2.75) is 25.9 Å². The number of benzene rings is 1. The summed E-state index contributed by atoms with van der Waals surface area (Å²) in [6.45, 7) is 4.03. The number of nitrogens with two attached hydrogens (primary N) is 1. The van der Waals surface area contributed by atoms with Crippen LogP contribution in [0.1, 0.15) is 13.8 Å². The molecule has 0 unspecified atom stereocenters. The fourth-order valence-electron chi connectivity index (χ4n) is 2.48. The molecule has 1 saturated heterocycles. The Kier molecular flexibility index (Phi) is 7.08. The number of nitrogens with zero attached hydrogens (tertiary/aromatic N) is 1. The fraction of sp³-hybridized carbons (Fsp3) is 0.471. The van der Waals surface area contributed by atoms with E-state index in [0.717, 1.165) is 6.07 Å². The molecule has 0 saturated carbocycles. The minimum Gasteiger partial charge on any atom is -0.370 e. The van der Waals surface area contributed by atoms with Crippen molar-refractivity contribution in [2.75, 3.05) is 36.5 Å². The Bertz CT molecular complexity index is 713. The van der Waals surface area contributed by atoms with Crippen LogP contribution >= 0.6 is 0 Å². The van der Waals surface area contributed by atoms with Crippen molar-refractivity contribution in [3.05, 3.63) is 24.0 Å². The third-order valence-corrected chi connectivity index (χ3v) is 3.79.